The van der Waals surface area contributed by atoms with Crippen LogP contribution in [0.25, 0.3) is 22.2 Å². The van der Waals surface area contributed by atoms with Gasteiger partial charge in [-0.1, -0.05) is 24.3 Å². The van der Waals surface area contributed by atoms with E-state index in [1.165, 1.54) is 31.2 Å². The van der Waals surface area contributed by atoms with E-state index in [1.807, 2.05) is 6.07 Å². The first-order chi connectivity index (χ1) is 17.2. The van der Waals surface area contributed by atoms with Crippen molar-refractivity contribution in [2.75, 3.05) is 44.3 Å². The zero-order valence-corrected chi connectivity index (χ0v) is 20.7. The van der Waals surface area contributed by atoms with E-state index >= 15 is 0 Å². The molecule has 4 heterocycles. The molecule has 0 bridgehead atoms. The van der Waals surface area contributed by atoms with Gasteiger partial charge in [0, 0.05) is 44.8 Å². The van der Waals surface area contributed by atoms with Gasteiger partial charge in [0.25, 0.3) is 5.56 Å². The third kappa shape index (κ3) is 4.47. The number of nitrogens with zero attached hydrogens (tertiary/aromatic N) is 5. The van der Waals surface area contributed by atoms with Crippen molar-refractivity contribution in [1.82, 2.24) is 19.4 Å². The Morgan fingerprint density at radius 3 is 2.37 bits per heavy atom. The normalized spacial score (nSPS) is 23.7. The molecule has 0 radical (unpaired) electrons. The topological polar surface area (TPSA) is 63.5 Å². The van der Waals surface area contributed by atoms with Gasteiger partial charge in [-0.3, -0.25) is 9.69 Å². The summed E-state index contributed by atoms with van der Waals surface area (Å²) < 4.78 is 7.08. The lowest BCUT2D eigenvalue weighted by Crippen LogP contribution is -2.44. The van der Waals surface area contributed by atoms with Crippen molar-refractivity contribution in [3.8, 4) is 11.3 Å². The molecule has 2 saturated heterocycles. The number of hydrogen-bond donors (Lipinski definition) is 0. The average molecular weight is 474 g/mol. The minimum absolute atomic E-state index is 0.0287. The van der Waals surface area contributed by atoms with Gasteiger partial charge in [0.1, 0.15) is 11.2 Å². The first-order valence-electron chi connectivity index (χ1n) is 13.2. The van der Waals surface area contributed by atoms with E-state index in [4.69, 9.17) is 9.72 Å². The Morgan fingerprint density at radius 1 is 0.943 bits per heavy atom. The van der Waals surface area contributed by atoms with Crippen LogP contribution in [0.1, 0.15) is 50.0 Å². The number of morpholine rings is 1. The lowest BCUT2D eigenvalue weighted by atomic mass is 9.81. The maximum absolute atomic E-state index is 12.9. The molecule has 1 saturated carbocycles. The second kappa shape index (κ2) is 9.70. The van der Waals surface area contributed by atoms with Crippen LogP contribution in [0.2, 0.25) is 0 Å². The third-order valence-corrected chi connectivity index (χ3v) is 8.23. The van der Waals surface area contributed by atoms with Gasteiger partial charge in [-0.2, -0.15) is 0 Å². The van der Waals surface area contributed by atoms with Crippen molar-refractivity contribution in [2.45, 2.75) is 50.5 Å². The number of anilines is 1. The molecule has 1 aromatic carbocycles. The highest BCUT2D eigenvalue weighted by Gasteiger charge is 2.28. The highest BCUT2D eigenvalue weighted by atomic mass is 16.5. The second-order valence-electron chi connectivity index (χ2n) is 10.4. The summed E-state index contributed by atoms with van der Waals surface area (Å²) in [5.74, 6) is 1.42. The summed E-state index contributed by atoms with van der Waals surface area (Å²) in [5, 5.41) is 0.634. The Balaban J connectivity index is 1.24. The maximum atomic E-state index is 12.9. The molecule has 7 nitrogen and oxygen atoms in total. The highest BCUT2D eigenvalue weighted by Crippen LogP contribution is 2.36. The van der Waals surface area contributed by atoms with Gasteiger partial charge in [0.05, 0.1) is 30.8 Å². The third-order valence-electron chi connectivity index (χ3n) is 8.23. The van der Waals surface area contributed by atoms with Gasteiger partial charge < -0.3 is 14.2 Å². The average Bonchev–Trinajstić information content (AvgIpc) is 3.46. The Morgan fingerprint density at radius 2 is 1.66 bits per heavy atom. The Kier molecular flexibility index (Phi) is 6.29. The largest absolute Gasteiger partial charge is 0.379 e. The lowest BCUT2D eigenvalue weighted by Gasteiger charge is -2.38. The molecule has 0 N–H and O–H groups in total. The molecule has 3 aromatic rings. The smallest absolute Gasteiger partial charge is 0.264 e. The fraction of sp³-hybridized carbons (Fsp3) is 0.536. The van der Waals surface area contributed by atoms with Crippen LogP contribution in [0.5, 0.6) is 0 Å². The van der Waals surface area contributed by atoms with Crippen molar-refractivity contribution in [1.29, 1.82) is 0 Å². The number of hydrogen-bond acceptors (Lipinski definition) is 6. The zero-order valence-electron chi connectivity index (χ0n) is 20.7. The Labute approximate surface area is 206 Å². The second-order valence-corrected chi connectivity index (χ2v) is 10.4. The first kappa shape index (κ1) is 22.7. The number of fused-ring (bicyclic) bond motifs is 1. The highest BCUT2D eigenvalue weighted by molar-refractivity contribution is 5.91. The number of benzene rings is 1. The van der Waals surface area contributed by atoms with E-state index in [0.29, 0.717) is 11.3 Å². The van der Waals surface area contributed by atoms with Crippen LogP contribution >= 0.6 is 0 Å². The van der Waals surface area contributed by atoms with Crippen molar-refractivity contribution in [3.63, 3.8) is 0 Å². The molecule has 35 heavy (non-hydrogen) atoms. The number of aryl methyl sites for hydroxylation is 1. The van der Waals surface area contributed by atoms with Crippen LogP contribution in [0.4, 0.5) is 5.82 Å². The van der Waals surface area contributed by atoms with Gasteiger partial charge in [-0.05, 0) is 56.1 Å². The van der Waals surface area contributed by atoms with Gasteiger partial charge in [-0.15, -0.1) is 0 Å². The van der Waals surface area contributed by atoms with Gasteiger partial charge in [0.15, 0.2) is 0 Å². The van der Waals surface area contributed by atoms with Crippen LogP contribution in [0.15, 0.2) is 41.5 Å². The number of ether oxygens (including phenoxy) is 1. The summed E-state index contributed by atoms with van der Waals surface area (Å²) in [7, 11) is 1.75. The zero-order chi connectivity index (χ0) is 23.8. The summed E-state index contributed by atoms with van der Waals surface area (Å²) in [4.78, 5) is 27.4. The predicted octanol–water partition coefficient (Wildman–Crippen LogP) is 3.95. The van der Waals surface area contributed by atoms with Gasteiger partial charge >= 0.3 is 0 Å². The van der Waals surface area contributed by atoms with E-state index < -0.39 is 0 Å². The molecule has 0 amide bonds. The molecule has 0 spiro atoms. The summed E-state index contributed by atoms with van der Waals surface area (Å²) in [6, 6.07) is 11.7. The van der Waals surface area contributed by atoms with E-state index in [2.05, 4.69) is 39.0 Å². The SMILES string of the molecule is Cn1cnc2cc(-c3ccc([C@H]4CC[C@H](N5CCOCC5)CC4)cc3)nc(N3CCCC3)c2c1=O. The van der Waals surface area contributed by atoms with Crippen LogP contribution in [0.3, 0.4) is 0 Å². The quantitative estimate of drug-likeness (QED) is 0.572. The van der Waals surface area contributed by atoms with Crippen LogP contribution in [-0.4, -0.2) is 64.9 Å². The molecular formula is C28H35N5O2. The monoisotopic (exact) mass is 473 g/mol. The standard InChI is InChI=1S/C28H35N5O2/c1-31-19-29-25-18-24(30-27(26(25)28(31)34)33-12-2-3-13-33)22-6-4-20(5-7-22)21-8-10-23(11-9-21)32-14-16-35-17-15-32/h4-7,18-19,21,23H,2-3,8-17H2,1H3/t21-,23-. The van der Waals surface area contributed by atoms with Crippen molar-refractivity contribution in [2.24, 2.45) is 7.05 Å². The van der Waals surface area contributed by atoms with E-state index in [9.17, 15) is 4.79 Å². The summed E-state index contributed by atoms with van der Waals surface area (Å²) in [6.07, 6.45) is 8.94. The number of aromatic nitrogens is 3. The van der Waals surface area contributed by atoms with Crippen LogP contribution < -0.4 is 10.5 Å². The fourth-order valence-electron chi connectivity index (χ4n) is 6.15. The van der Waals surface area contributed by atoms with Crippen molar-refractivity contribution in [3.05, 3.63) is 52.6 Å². The molecule has 7 heteroatoms. The van der Waals surface area contributed by atoms with E-state index in [0.717, 1.165) is 80.9 Å². The number of rotatable bonds is 4. The lowest BCUT2D eigenvalue weighted by molar-refractivity contribution is 0.00730. The van der Waals surface area contributed by atoms with Crippen LogP contribution in [0, 0.1) is 0 Å². The minimum atomic E-state index is -0.0287. The maximum Gasteiger partial charge on any atom is 0.264 e. The molecule has 0 atom stereocenters. The van der Waals surface area contributed by atoms with Crippen LogP contribution in [-0.2, 0) is 11.8 Å². The Hall–Kier alpha value is -2.77. The molecule has 2 aliphatic heterocycles. The summed E-state index contributed by atoms with van der Waals surface area (Å²) >= 11 is 0. The van der Waals surface area contributed by atoms with E-state index in [1.54, 1.807) is 17.9 Å². The molecular weight excluding hydrogens is 438 g/mol. The fourth-order valence-corrected chi connectivity index (χ4v) is 6.15. The number of pyridine rings is 1. The van der Waals surface area contributed by atoms with E-state index in [-0.39, 0.29) is 5.56 Å². The predicted molar refractivity (Wildman–Crippen MR) is 139 cm³/mol. The molecule has 1 aliphatic carbocycles. The van der Waals surface area contributed by atoms with Gasteiger partial charge in [-0.25, -0.2) is 9.97 Å². The molecule has 3 fully saturated rings. The van der Waals surface area contributed by atoms with Crippen molar-refractivity contribution < 1.29 is 4.74 Å². The molecule has 0 unspecified atom stereocenters. The minimum Gasteiger partial charge on any atom is -0.379 e. The summed E-state index contributed by atoms with van der Waals surface area (Å²) in [5.41, 5.74) is 4.11. The summed E-state index contributed by atoms with van der Waals surface area (Å²) in [6.45, 7) is 5.82. The molecule has 184 valence electrons. The molecule has 6 rings (SSSR count). The van der Waals surface area contributed by atoms with Gasteiger partial charge in [0.2, 0.25) is 0 Å². The molecule has 2 aromatic heterocycles. The Bertz CT molecular complexity index is 1230. The molecule has 3 aliphatic rings. The van der Waals surface area contributed by atoms with Crippen molar-refractivity contribution >= 4 is 16.7 Å². The first-order valence-corrected chi connectivity index (χ1v) is 13.2.